The maximum Gasteiger partial charge on any atom is 0.274 e. The molecule has 0 aliphatic heterocycles. The molecule has 2 aromatic carbocycles. The Hall–Kier alpha value is -3.21. The summed E-state index contributed by atoms with van der Waals surface area (Å²) in [7, 11) is 0. The number of hydrogen-bond donors (Lipinski definition) is 2. The Kier molecular flexibility index (Phi) is 5.04. The van der Waals surface area contributed by atoms with Crippen LogP contribution in [0.5, 0.6) is 0 Å². The number of amides is 1. The molecule has 25 heavy (non-hydrogen) atoms. The molecule has 5 heteroatoms. The van der Waals surface area contributed by atoms with E-state index in [-0.39, 0.29) is 5.91 Å². The second kappa shape index (κ2) is 7.57. The SMILES string of the molecule is Cc1ccc(NC(=O)c2cc(NCc3ccccc3)ncn2)c(C)c1. The fourth-order valence-electron chi connectivity index (χ4n) is 2.51. The monoisotopic (exact) mass is 332 g/mol. The van der Waals surface area contributed by atoms with Crippen LogP contribution in [0.2, 0.25) is 0 Å². The van der Waals surface area contributed by atoms with Gasteiger partial charge in [-0.3, -0.25) is 4.79 Å². The molecule has 0 unspecified atom stereocenters. The topological polar surface area (TPSA) is 66.9 Å². The highest BCUT2D eigenvalue weighted by molar-refractivity contribution is 6.03. The van der Waals surface area contributed by atoms with Crippen molar-refractivity contribution in [3.63, 3.8) is 0 Å². The van der Waals surface area contributed by atoms with Crippen LogP contribution in [0.3, 0.4) is 0 Å². The summed E-state index contributed by atoms with van der Waals surface area (Å²) in [6.45, 7) is 4.62. The number of benzene rings is 2. The lowest BCUT2D eigenvalue weighted by molar-refractivity contribution is 0.102. The summed E-state index contributed by atoms with van der Waals surface area (Å²) in [5.41, 5.74) is 4.43. The van der Waals surface area contributed by atoms with Crippen molar-refractivity contribution in [1.29, 1.82) is 0 Å². The molecule has 0 saturated heterocycles. The first kappa shape index (κ1) is 16.6. The summed E-state index contributed by atoms with van der Waals surface area (Å²) in [4.78, 5) is 20.7. The average molecular weight is 332 g/mol. The first-order chi connectivity index (χ1) is 12.1. The van der Waals surface area contributed by atoms with Gasteiger partial charge >= 0.3 is 0 Å². The third kappa shape index (κ3) is 4.41. The Labute approximate surface area is 147 Å². The Morgan fingerprint density at radius 1 is 1.00 bits per heavy atom. The summed E-state index contributed by atoms with van der Waals surface area (Å²) in [5, 5.41) is 6.11. The van der Waals surface area contributed by atoms with Crippen molar-refractivity contribution in [1.82, 2.24) is 9.97 Å². The van der Waals surface area contributed by atoms with E-state index >= 15 is 0 Å². The number of hydrogen-bond acceptors (Lipinski definition) is 4. The highest BCUT2D eigenvalue weighted by Crippen LogP contribution is 2.17. The molecule has 3 aromatic rings. The van der Waals surface area contributed by atoms with Gasteiger partial charge in [-0.05, 0) is 31.0 Å². The molecule has 2 N–H and O–H groups in total. The molecule has 1 heterocycles. The lowest BCUT2D eigenvalue weighted by Crippen LogP contribution is -2.15. The quantitative estimate of drug-likeness (QED) is 0.742. The predicted molar refractivity (Wildman–Crippen MR) is 99.7 cm³/mol. The van der Waals surface area contributed by atoms with E-state index in [1.807, 2.05) is 62.4 Å². The second-order valence-corrected chi connectivity index (χ2v) is 5.90. The molecule has 3 rings (SSSR count). The minimum Gasteiger partial charge on any atom is -0.366 e. The number of anilines is 2. The molecule has 1 amide bonds. The average Bonchev–Trinajstić information content (AvgIpc) is 2.63. The molecule has 0 bridgehead atoms. The fraction of sp³-hybridized carbons (Fsp3) is 0.150. The van der Waals surface area contributed by atoms with E-state index in [9.17, 15) is 4.79 Å². The summed E-state index contributed by atoms with van der Waals surface area (Å²) in [6, 6.07) is 17.6. The zero-order valence-corrected chi connectivity index (χ0v) is 14.3. The van der Waals surface area contributed by atoms with Crippen LogP contribution in [-0.2, 0) is 6.54 Å². The minimum atomic E-state index is -0.253. The van der Waals surface area contributed by atoms with Crippen molar-refractivity contribution < 1.29 is 4.79 Å². The third-order valence-electron chi connectivity index (χ3n) is 3.85. The van der Waals surface area contributed by atoms with E-state index in [0.29, 0.717) is 18.1 Å². The maximum atomic E-state index is 12.4. The molecule has 0 aliphatic rings. The van der Waals surface area contributed by atoms with Crippen molar-refractivity contribution in [2.75, 3.05) is 10.6 Å². The molecule has 0 radical (unpaired) electrons. The molecule has 0 fully saturated rings. The third-order valence-corrected chi connectivity index (χ3v) is 3.85. The number of nitrogens with one attached hydrogen (secondary N) is 2. The Bertz CT molecular complexity index is 878. The van der Waals surface area contributed by atoms with Gasteiger partial charge in [0.2, 0.25) is 0 Å². The Balaban J connectivity index is 1.69. The predicted octanol–water partition coefficient (Wildman–Crippen LogP) is 3.96. The van der Waals surface area contributed by atoms with Crippen LogP contribution in [0.1, 0.15) is 27.2 Å². The molecule has 0 atom stereocenters. The van der Waals surface area contributed by atoms with Crippen molar-refractivity contribution in [2.24, 2.45) is 0 Å². The number of nitrogens with zero attached hydrogens (tertiary/aromatic N) is 2. The van der Waals surface area contributed by atoms with Gasteiger partial charge in [-0.1, -0.05) is 48.0 Å². The zero-order valence-electron chi connectivity index (χ0n) is 14.3. The Morgan fingerprint density at radius 3 is 2.56 bits per heavy atom. The summed E-state index contributed by atoms with van der Waals surface area (Å²) in [6.07, 6.45) is 1.39. The molecule has 1 aromatic heterocycles. The first-order valence-electron chi connectivity index (χ1n) is 8.10. The molecular formula is C20H20N4O. The summed E-state index contributed by atoms with van der Waals surface area (Å²) >= 11 is 0. The number of aryl methyl sites for hydroxylation is 2. The van der Waals surface area contributed by atoms with Crippen LogP contribution in [-0.4, -0.2) is 15.9 Å². The summed E-state index contributed by atoms with van der Waals surface area (Å²) in [5.74, 6) is 0.363. The second-order valence-electron chi connectivity index (χ2n) is 5.90. The number of aromatic nitrogens is 2. The highest BCUT2D eigenvalue weighted by Gasteiger charge is 2.10. The van der Waals surface area contributed by atoms with Gasteiger partial charge in [0, 0.05) is 18.3 Å². The van der Waals surface area contributed by atoms with Gasteiger partial charge in [-0.15, -0.1) is 0 Å². The van der Waals surface area contributed by atoms with Gasteiger partial charge in [0.05, 0.1) is 0 Å². The first-order valence-corrected chi connectivity index (χ1v) is 8.10. The zero-order chi connectivity index (χ0) is 17.6. The van der Waals surface area contributed by atoms with E-state index in [1.54, 1.807) is 6.07 Å². The Morgan fingerprint density at radius 2 is 1.80 bits per heavy atom. The van der Waals surface area contributed by atoms with Gasteiger partial charge in [0.15, 0.2) is 0 Å². The maximum absolute atomic E-state index is 12.4. The smallest absolute Gasteiger partial charge is 0.274 e. The molecule has 0 saturated carbocycles. The standard InChI is InChI=1S/C20H20N4O/c1-14-8-9-17(15(2)10-14)24-20(25)18-11-19(23-13-22-18)21-12-16-6-4-3-5-7-16/h3-11,13H,12H2,1-2H3,(H,24,25)(H,21,22,23). The van der Waals surface area contributed by atoms with Crippen molar-refractivity contribution in [3.8, 4) is 0 Å². The van der Waals surface area contributed by atoms with Crippen LogP contribution in [0, 0.1) is 13.8 Å². The lowest BCUT2D eigenvalue weighted by Gasteiger charge is -2.10. The van der Waals surface area contributed by atoms with E-state index in [2.05, 4.69) is 20.6 Å². The molecular weight excluding hydrogens is 312 g/mol. The van der Waals surface area contributed by atoms with Gasteiger partial charge in [-0.2, -0.15) is 0 Å². The number of carbonyl (C=O) groups is 1. The fourth-order valence-corrected chi connectivity index (χ4v) is 2.51. The van der Waals surface area contributed by atoms with Crippen molar-refractivity contribution >= 4 is 17.4 Å². The molecule has 0 spiro atoms. The van der Waals surface area contributed by atoms with Crippen molar-refractivity contribution in [3.05, 3.63) is 83.3 Å². The van der Waals surface area contributed by atoms with Gasteiger partial charge in [-0.25, -0.2) is 9.97 Å². The number of carbonyl (C=O) groups excluding carboxylic acids is 1. The van der Waals surface area contributed by atoms with Crippen LogP contribution < -0.4 is 10.6 Å². The van der Waals surface area contributed by atoms with Crippen LogP contribution >= 0.6 is 0 Å². The van der Waals surface area contributed by atoms with E-state index in [0.717, 1.165) is 22.4 Å². The summed E-state index contributed by atoms with van der Waals surface area (Å²) < 4.78 is 0. The van der Waals surface area contributed by atoms with Crippen LogP contribution in [0.4, 0.5) is 11.5 Å². The van der Waals surface area contributed by atoms with E-state index in [4.69, 9.17) is 0 Å². The van der Waals surface area contributed by atoms with E-state index < -0.39 is 0 Å². The van der Waals surface area contributed by atoms with Gasteiger partial charge in [0.1, 0.15) is 17.8 Å². The largest absolute Gasteiger partial charge is 0.366 e. The van der Waals surface area contributed by atoms with Crippen molar-refractivity contribution in [2.45, 2.75) is 20.4 Å². The molecule has 5 nitrogen and oxygen atoms in total. The van der Waals surface area contributed by atoms with E-state index in [1.165, 1.54) is 6.33 Å². The minimum absolute atomic E-state index is 0.253. The molecule has 0 aliphatic carbocycles. The lowest BCUT2D eigenvalue weighted by atomic mass is 10.1. The molecule has 126 valence electrons. The van der Waals surface area contributed by atoms with Crippen LogP contribution in [0.25, 0.3) is 0 Å². The van der Waals surface area contributed by atoms with Gasteiger partial charge in [0.25, 0.3) is 5.91 Å². The highest BCUT2D eigenvalue weighted by atomic mass is 16.1. The van der Waals surface area contributed by atoms with Crippen LogP contribution in [0.15, 0.2) is 60.9 Å². The normalized spacial score (nSPS) is 10.3. The van der Waals surface area contributed by atoms with Gasteiger partial charge < -0.3 is 10.6 Å². The number of rotatable bonds is 5.